The number of piperidine rings is 1. The zero-order valence-electron chi connectivity index (χ0n) is 14.8. The molecule has 0 bridgehead atoms. The number of rotatable bonds is 4. The summed E-state index contributed by atoms with van der Waals surface area (Å²) in [6.07, 6.45) is 5.35. The van der Waals surface area contributed by atoms with E-state index >= 15 is 0 Å². The molecule has 2 heteroatoms. The van der Waals surface area contributed by atoms with Gasteiger partial charge < -0.3 is 4.74 Å². The van der Waals surface area contributed by atoms with Crippen LogP contribution in [0.4, 0.5) is 0 Å². The third-order valence-corrected chi connectivity index (χ3v) is 3.15. The van der Waals surface area contributed by atoms with E-state index in [0.717, 1.165) is 18.9 Å². The van der Waals surface area contributed by atoms with Gasteiger partial charge in [-0.2, -0.15) is 0 Å². The van der Waals surface area contributed by atoms with E-state index in [1.165, 1.54) is 44.3 Å². The smallest absolute Gasteiger partial charge is 0.119 e. The summed E-state index contributed by atoms with van der Waals surface area (Å²) < 4.78 is 5.72. The molecule has 1 fully saturated rings. The van der Waals surface area contributed by atoms with E-state index in [0.29, 0.717) is 0 Å². The zero-order valence-corrected chi connectivity index (χ0v) is 14.8. The summed E-state index contributed by atoms with van der Waals surface area (Å²) in [5.41, 5.74) is 1.28. The topological polar surface area (TPSA) is 12.5 Å². The molecule has 1 aromatic carbocycles. The van der Waals surface area contributed by atoms with Crippen molar-refractivity contribution in [1.29, 1.82) is 0 Å². The Kier molecular flexibility index (Phi) is 13.3. The molecule has 0 amide bonds. The van der Waals surface area contributed by atoms with Crippen molar-refractivity contribution in [1.82, 2.24) is 4.90 Å². The van der Waals surface area contributed by atoms with E-state index in [2.05, 4.69) is 37.8 Å². The number of hydrogen-bond acceptors (Lipinski definition) is 2. The van der Waals surface area contributed by atoms with Crippen LogP contribution in [0.25, 0.3) is 0 Å². The summed E-state index contributed by atoms with van der Waals surface area (Å²) >= 11 is 0. The highest BCUT2D eigenvalue weighted by molar-refractivity contribution is 5.26. The maximum absolute atomic E-state index is 5.72. The second kappa shape index (κ2) is 13.9. The first kappa shape index (κ1) is 20.0. The number of ether oxygens (including phenoxy) is 1. The Labute approximate surface area is 132 Å². The van der Waals surface area contributed by atoms with Gasteiger partial charge in [0, 0.05) is 6.54 Å². The molecule has 0 spiro atoms. The monoisotopic (exact) mass is 293 g/mol. The minimum absolute atomic E-state index is 0.809. The molecule has 2 rings (SSSR count). The Bertz CT molecular complexity index is 315. The van der Waals surface area contributed by atoms with Crippen LogP contribution in [0, 0.1) is 6.92 Å². The number of benzene rings is 1. The molecule has 1 heterocycles. The first-order valence-corrected chi connectivity index (χ1v) is 8.68. The Balaban J connectivity index is 0.000000713. The van der Waals surface area contributed by atoms with Crippen molar-refractivity contribution < 1.29 is 4.74 Å². The van der Waals surface area contributed by atoms with Crippen LogP contribution in [-0.4, -0.2) is 31.1 Å². The fourth-order valence-corrected chi connectivity index (χ4v) is 2.11. The van der Waals surface area contributed by atoms with Crippen molar-refractivity contribution in [2.75, 3.05) is 26.2 Å². The van der Waals surface area contributed by atoms with Gasteiger partial charge in [-0.25, -0.2) is 0 Å². The second-order valence-electron chi connectivity index (χ2n) is 5.27. The highest BCUT2D eigenvalue weighted by atomic mass is 16.5. The van der Waals surface area contributed by atoms with Crippen molar-refractivity contribution in [3.8, 4) is 5.75 Å². The van der Waals surface area contributed by atoms with E-state index in [-0.39, 0.29) is 0 Å². The minimum atomic E-state index is 0.809. The fraction of sp³-hybridized carbons (Fsp3) is 0.684. The maximum Gasteiger partial charge on any atom is 0.119 e. The van der Waals surface area contributed by atoms with Gasteiger partial charge in [0.15, 0.2) is 0 Å². The zero-order chi connectivity index (χ0) is 15.9. The Morgan fingerprint density at radius 1 is 0.952 bits per heavy atom. The van der Waals surface area contributed by atoms with Crippen molar-refractivity contribution in [2.24, 2.45) is 0 Å². The van der Waals surface area contributed by atoms with E-state index in [1.807, 2.05) is 26.0 Å². The van der Waals surface area contributed by atoms with Gasteiger partial charge in [-0.1, -0.05) is 58.2 Å². The van der Waals surface area contributed by atoms with Crippen LogP contribution in [0.1, 0.15) is 58.9 Å². The molecule has 0 aromatic heterocycles. The lowest BCUT2D eigenvalue weighted by atomic mass is 10.1. The van der Waals surface area contributed by atoms with Crippen LogP contribution in [-0.2, 0) is 0 Å². The summed E-state index contributed by atoms with van der Waals surface area (Å²) in [5.74, 6) is 0.989. The third kappa shape index (κ3) is 10.4. The van der Waals surface area contributed by atoms with E-state index in [1.54, 1.807) is 0 Å². The number of nitrogens with zero attached hydrogens (tertiary/aromatic N) is 1. The predicted octanol–water partition coefficient (Wildman–Crippen LogP) is 5.30. The molecule has 0 N–H and O–H groups in total. The largest absolute Gasteiger partial charge is 0.492 e. The molecule has 0 radical (unpaired) electrons. The SMILES string of the molecule is CC.CCC.Cc1ccc(OCCN2CCCCC2)cc1. The van der Waals surface area contributed by atoms with Gasteiger partial charge in [-0.15, -0.1) is 0 Å². The predicted molar refractivity (Wildman–Crippen MR) is 94.3 cm³/mol. The molecular formula is C19H35NO. The van der Waals surface area contributed by atoms with Gasteiger partial charge in [0.1, 0.15) is 12.4 Å². The number of likely N-dealkylation sites (tertiary alicyclic amines) is 1. The van der Waals surface area contributed by atoms with Gasteiger partial charge in [0.25, 0.3) is 0 Å². The summed E-state index contributed by atoms with van der Waals surface area (Å²) in [6.45, 7) is 14.7. The second-order valence-corrected chi connectivity index (χ2v) is 5.27. The van der Waals surface area contributed by atoms with Gasteiger partial charge in [-0.3, -0.25) is 4.90 Å². The average Bonchev–Trinajstić information content (AvgIpc) is 2.53. The highest BCUT2D eigenvalue weighted by Crippen LogP contribution is 2.12. The number of aryl methyl sites for hydroxylation is 1. The van der Waals surface area contributed by atoms with Crippen molar-refractivity contribution >= 4 is 0 Å². The van der Waals surface area contributed by atoms with E-state index < -0.39 is 0 Å². The van der Waals surface area contributed by atoms with Gasteiger partial charge >= 0.3 is 0 Å². The average molecular weight is 293 g/mol. The van der Waals surface area contributed by atoms with Crippen LogP contribution in [0.3, 0.4) is 0 Å². The summed E-state index contributed by atoms with van der Waals surface area (Å²) in [5, 5.41) is 0. The first-order chi connectivity index (χ1) is 10.3. The molecule has 1 aromatic rings. The Morgan fingerprint density at radius 3 is 2.00 bits per heavy atom. The van der Waals surface area contributed by atoms with Gasteiger partial charge in [-0.05, 0) is 45.0 Å². The molecule has 1 aliphatic heterocycles. The van der Waals surface area contributed by atoms with Crippen LogP contribution in [0.15, 0.2) is 24.3 Å². The summed E-state index contributed by atoms with van der Waals surface area (Å²) in [6, 6.07) is 8.28. The molecule has 0 unspecified atom stereocenters. The lowest BCUT2D eigenvalue weighted by molar-refractivity contribution is 0.183. The van der Waals surface area contributed by atoms with E-state index in [4.69, 9.17) is 4.74 Å². The highest BCUT2D eigenvalue weighted by Gasteiger charge is 2.09. The molecular weight excluding hydrogens is 258 g/mol. The fourth-order valence-electron chi connectivity index (χ4n) is 2.11. The van der Waals surface area contributed by atoms with Crippen LogP contribution in [0.2, 0.25) is 0 Å². The summed E-state index contributed by atoms with van der Waals surface area (Å²) in [4.78, 5) is 2.50. The lowest BCUT2D eigenvalue weighted by Gasteiger charge is -2.26. The van der Waals surface area contributed by atoms with Gasteiger partial charge in [0.05, 0.1) is 0 Å². The summed E-state index contributed by atoms with van der Waals surface area (Å²) in [7, 11) is 0. The van der Waals surface area contributed by atoms with Crippen molar-refractivity contribution in [2.45, 2.75) is 60.3 Å². The van der Waals surface area contributed by atoms with Crippen molar-refractivity contribution in [3.05, 3.63) is 29.8 Å². The lowest BCUT2D eigenvalue weighted by Crippen LogP contribution is -2.33. The van der Waals surface area contributed by atoms with Crippen LogP contribution in [0.5, 0.6) is 5.75 Å². The minimum Gasteiger partial charge on any atom is -0.492 e. The molecule has 2 nitrogen and oxygen atoms in total. The molecule has 1 aliphatic rings. The maximum atomic E-state index is 5.72. The Morgan fingerprint density at radius 2 is 1.48 bits per heavy atom. The third-order valence-electron chi connectivity index (χ3n) is 3.15. The van der Waals surface area contributed by atoms with Crippen LogP contribution < -0.4 is 4.74 Å². The standard InChI is InChI=1S/C14H21NO.C3H8.C2H6/c1-13-5-7-14(8-6-13)16-12-11-15-9-3-2-4-10-15;1-3-2;1-2/h5-8H,2-4,9-12H2,1H3;3H2,1-2H3;1-2H3. The van der Waals surface area contributed by atoms with Crippen LogP contribution >= 0.6 is 0 Å². The molecule has 1 saturated heterocycles. The molecule has 0 atom stereocenters. The number of hydrogen-bond donors (Lipinski definition) is 0. The normalized spacial score (nSPS) is 14.3. The quantitative estimate of drug-likeness (QED) is 0.746. The first-order valence-electron chi connectivity index (χ1n) is 8.68. The molecule has 122 valence electrons. The Hall–Kier alpha value is -1.02. The molecule has 21 heavy (non-hydrogen) atoms. The molecule has 0 saturated carbocycles. The van der Waals surface area contributed by atoms with Crippen molar-refractivity contribution in [3.63, 3.8) is 0 Å². The molecule has 0 aliphatic carbocycles. The van der Waals surface area contributed by atoms with E-state index in [9.17, 15) is 0 Å². The van der Waals surface area contributed by atoms with Gasteiger partial charge in [0.2, 0.25) is 0 Å².